The Balaban J connectivity index is 1.99. The van der Waals surface area contributed by atoms with Gasteiger partial charge in [0.25, 0.3) is 5.91 Å². The van der Waals surface area contributed by atoms with E-state index in [0.717, 1.165) is 12.8 Å². The smallest absolute Gasteiger partial charge is 0.263 e. The van der Waals surface area contributed by atoms with Gasteiger partial charge >= 0.3 is 0 Å². The molecule has 0 aromatic heterocycles. The lowest BCUT2D eigenvalue weighted by Gasteiger charge is -2.38. The van der Waals surface area contributed by atoms with Crippen LogP contribution < -0.4 is 4.74 Å². The van der Waals surface area contributed by atoms with E-state index in [1.54, 1.807) is 36.1 Å². The summed E-state index contributed by atoms with van der Waals surface area (Å²) in [6.07, 6.45) is 1.26. The van der Waals surface area contributed by atoms with Crippen molar-refractivity contribution in [2.24, 2.45) is 5.92 Å². The minimum Gasteiger partial charge on any atom is -0.481 e. The maximum absolute atomic E-state index is 12.6. The summed E-state index contributed by atoms with van der Waals surface area (Å²) in [7, 11) is 0. The minimum absolute atomic E-state index is 0.0602. The van der Waals surface area contributed by atoms with E-state index in [1.165, 1.54) is 0 Å². The molecule has 0 spiro atoms. The van der Waals surface area contributed by atoms with E-state index in [9.17, 15) is 9.90 Å². The van der Waals surface area contributed by atoms with Gasteiger partial charge in [-0.25, -0.2) is 0 Å². The molecular formula is C17H22N2O3. The Kier molecular flexibility index (Phi) is 5.40. The molecule has 3 unspecified atom stereocenters. The van der Waals surface area contributed by atoms with Gasteiger partial charge in [0.05, 0.1) is 11.6 Å². The highest BCUT2D eigenvalue weighted by Crippen LogP contribution is 2.23. The predicted octanol–water partition coefficient (Wildman–Crippen LogP) is 1.94. The van der Waals surface area contributed by atoms with Gasteiger partial charge in [0.1, 0.15) is 5.75 Å². The van der Waals surface area contributed by atoms with Crippen LogP contribution in [0.4, 0.5) is 0 Å². The molecule has 1 aromatic rings. The molecule has 5 heteroatoms. The number of nitriles is 1. The molecule has 5 nitrogen and oxygen atoms in total. The zero-order valence-corrected chi connectivity index (χ0v) is 13.0. The van der Waals surface area contributed by atoms with Crippen LogP contribution in [0.2, 0.25) is 0 Å². The van der Waals surface area contributed by atoms with Crippen LogP contribution >= 0.6 is 0 Å². The number of rotatable bonds is 4. The fourth-order valence-corrected chi connectivity index (χ4v) is 2.73. The number of nitrogens with zero attached hydrogens (tertiary/aromatic N) is 2. The van der Waals surface area contributed by atoms with Crippen molar-refractivity contribution in [3.05, 3.63) is 29.8 Å². The highest BCUT2D eigenvalue weighted by Gasteiger charge is 2.31. The Morgan fingerprint density at radius 1 is 1.45 bits per heavy atom. The first-order valence-corrected chi connectivity index (χ1v) is 7.63. The summed E-state index contributed by atoms with van der Waals surface area (Å²) in [6, 6.07) is 8.93. The second-order valence-corrected chi connectivity index (χ2v) is 5.86. The lowest BCUT2D eigenvalue weighted by Crippen LogP contribution is -2.50. The Hall–Kier alpha value is -2.06. The summed E-state index contributed by atoms with van der Waals surface area (Å²) in [6.45, 7) is 4.45. The summed E-state index contributed by atoms with van der Waals surface area (Å²) in [4.78, 5) is 14.4. The van der Waals surface area contributed by atoms with Gasteiger partial charge in [-0.15, -0.1) is 0 Å². The van der Waals surface area contributed by atoms with Gasteiger partial charge < -0.3 is 14.7 Å². The van der Waals surface area contributed by atoms with Crippen molar-refractivity contribution in [2.75, 3.05) is 13.2 Å². The maximum atomic E-state index is 12.6. The second-order valence-electron chi connectivity index (χ2n) is 5.86. The van der Waals surface area contributed by atoms with Gasteiger partial charge in [0.15, 0.2) is 6.10 Å². The first-order chi connectivity index (χ1) is 10.5. The zero-order chi connectivity index (χ0) is 16.1. The fraction of sp³-hybridized carbons (Fsp3) is 0.529. The van der Waals surface area contributed by atoms with Crippen molar-refractivity contribution in [3.63, 3.8) is 0 Å². The highest BCUT2D eigenvalue weighted by molar-refractivity contribution is 5.81. The lowest BCUT2D eigenvalue weighted by atomic mass is 9.93. The second kappa shape index (κ2) is 7.28. The number of piperidine rings is 1. The van der Waals surface area contributed by atoms with E-state index < -0.39 is 6.10 Å². The number of benzene rings is 1. The van der Waals surface area contributed by atoms with Crippen molar-refractivity contribution in [2.45, 2.75) is 38.8 Å². The third-order valence-electron chi connectivity index (χ3n) is 4.16. The first-order valence-electron chi connectivity index (χ1n) is 7.63. The molecule has 1 amide bonds. The van der Waals surface area contributed by atoms with Gasteiger partial charge in [-0.2, -0.15) is 5.26 Å². The van der Waals surface area contributed by atoms with Crippen molar-refractivity contribution in [1.82, 2.24) is 4.90 Å². The normalized spacial score (nSPS) is 22.7. The van der Waals surface area contributed by atoms with E-state index in [4.69, 9.17) is 10.00 Å². The van der Waals surface area contributed by atoms with Crippen molar-refractivity contribution in [1.29, 1.82) is 5.26 Å². The maximum Gasteiger partial charge on any atom is 0.263 e. The van der Waals surface area contributed by atoms with E-state index in [-0.39, 0.29) is 24.5 Å². The number of amides is 1. The quantitative estimate of drug-likeness (QED) is 0.922. The molecule has 1 fully saturated rings. The number of aliphatic hydroxyl groups is 1. The van der Waals surface area contributed by atoms with Crippen molar-refractivity contribution < 1.29 is 14.6 Å². The number of hydrogen-bond acceptors (Lipinski definition) is 4. The molecule has 1 aromatic carbocycles. The Bertz CT molecular complexity index is 550. The van der Waals surface area contributed by atoms with Crippen LogP contribution in [-0.2, 0) is 4.79 Å². The Labute approximate surface area is 131 Å². The molecule has 2 rings (SSSR count). The summed E-state index contributed by atoms with van der Waals surface area (Å²) in [5.41, 5.74) is 0.557. The first kappa shape index (κ1) is 16.3. The average molecular weight is 302 g/mol. The number of aliphatic hydroxyl groups excluding tert-OH is 1. The molecule has 0 saturated carbocycles. The molecule has 1 heterocycles. The molecule has 3 atom stereocenters. The molecule has 22 heavy (non-hydrogen) atoms. The minimum atomic E-state index is -0.590. The fourth-order valence-electron chi connectivity index (χ4n) is 2.73. The Morgan fingerprint density at radius 3 is 2.73 bits per heavy atom. The predicted molar refractivity (Wildman–Crippen MR) is 82.2 cm³/mol. The molecule has 1 saturated heterocycles. The summed E-state index contributed by atoms with van der Waals surface area (Å²) < 4.78 is 5.68. The topological polar surface area (TPSA) is 73.6 Å². The third-order valence-corrected chi connectivity index (χ3v) is 4.16. The molecule has 0 radical (unpaired) electrons. The van der Waals surface area contributed by atoms with Crippen LogP contribution in [0.1, 0.15) is 32.3 Å². The van der Waals surface area contributed by atoms with Crippen LogP contribution in [0.3, 0.4) is 0 Å². The van der Waals surface area contributed by atoms with E-state index in [0.29, 0.717) is 17.9 Å². The molecule has 0 aliphatic carbocycles. The number of likely N-dealkylation sites (tertiary alicyclic amines) is 1. The van der Waals surface area contributed by atoms with E-state index >= 15 is 0 Å². The number of hydrogen-bond donors (Lipinski definition) is 1. The van der Waals surface area contributed by atoms with Gasteiger partial charge in [0.2, 0.25) is 0 Å². The van der Waals surface area contributed by atoms with Crippen molar-refractivity contribution >= 4 is 5.91 Å². The zero-order valence-electron chi connectivity index (χ0n) is 13.0. The largest absolute Gasteiger partial charge is 0.481 e. The molecule has 1 N–H and O–H groups in total. The van der Waals surface area contributed by atoms with Crippen LogP contribution in [0.5, 0.6) is 5.75 Å². The SMILES string of the molecule is CC(Oc1ccc(C#N)cc1)C(=O)N1CC(CO)CCC1C. The summed E-state index contributed by atoms with van der Waals surface area (Å²) >= 11 is 0. The summed E-state index contributed by atoms with van der Waals surface area (Å²) in [5, 5.41) is 18.1. The Morgan fingerprint density at radius 2 is 2.14 bits per heavy atom. The molecule has 0 bridgehead atoms. The van der Waals surface area contributed by atoms with Gasteiger partial charge in [-0.05, 0) is 56.9 Å². The summed E-state index contributed by atoms with van der Waals surface area (Å²) in [5.74, 6) is 0.667. The van der Waals surface area contributed by atoms with Gasteiger partial charge in [-0.3, -0.25) is 4.79 Å². The van der Waals surface area contributed by atoms with Gasteiger partial charge in [0, 0.05) is 19.2 Å². The third kappa shape index (κ3) is 3.77. The monoisotopic (exact) mass is 302 g/mol. The van der Waals surface area contributed by atoms with Crippen molar-refractivity contribution in [3.8, 4) is 11.8 Å². The molecule has 118 valence electrons. The number of ether oxygens (including phenoxy) is 1. The molecule has 1 aliphatic heterocycles. The number of carbonyl (C=O) groups excluding carboxylic acids is 1. The van der Waals surface area contributed by atoms with E-state index in [2.05, 4.69) is 0 Å². The van der Waals surface area contributed by atoms with Crippen LogP contribution in [0, 0.1) is 17.2 Å². The van der Waals surface area contributed by atoms with Crippen LogP contribution in [-0.4, -0.2) is 41.2 Å². The van der Waals surface area contributed by atoms with Crippen LogP contribution in [0.25, 0.3) is 0 Å². The molecule has 1 aliphatic rings. The van der Waals surface area contributed by atoms with Crippen LogP contribution in [0.15, 0.2) is 24.3 Å². The standard InChI is InChI=1S/C17H22N2O3/c1-12-3-4-15(11-20)10-19(12)17(21)13(2)22-16-7-5-14(9-18)6-8-16/h5-8,12-13,15,20H,3-4,10-11H2,1-2H3. The average Bonchev–Trinajstić information content (AvgIpc) is 2.55. The highest BCUT2D eigenvalue weighted by atomic mass is 16.5. The van der Waals surface area contributed by atoms with E-state index in [1.807, 2.05) is 13.0 Å². The molecular weight excluding hydrogens is 280 g/mol. The lowest BCUT2D eigenvalue weighted by molar-refractivity contribution is -0.142. The number of carbonyl (C=O) groups is 1. The van der Waals surface area contributed by atoms with Gasteiger partial charge in [-0.1, -0.05) is 0 Å².